The molecule has 0 unspecified atom stereocenters. The van der Waals surface area contributed by atoms with Gasteiger partial charge in [-0.2, -0.15) is 0 Å². The molecule has 5 heteroatoms. The zero-order valence-electron chi connectivity index (χ0n) is 11.8. The van der Waals surface area contributed by atoms with Crippen molar-refractivity contribution in [3.8, 4) is 5.75 Å². The van der Waals surface area contributed by atoms with Gasteiger partial charge in [-0.25, -0.2) is 0 Å². The fourth-order valence-electron chi connectivity index (χ4n) is 1.77. The molecule has 3 N–H and O–H groups in total. The SMILES string of the molecule is CCCC[C@H](NC[C@@H](O)COc1ccccc1)C(=O)O. The molecule has 112 valence electrons. The Balaban J connectivity index is 2.27. The summed E-state index contributed by atoms with van der Waals surface area (Å²) in [5, 5.41) is 21.7. The highest BCUT2D eigenvalue weighted by Crippen LogP contribution is 2.08. The fourth-order valence-corrected chi connectivity index (χ4v) is 1.77. The minimum atomic E-state index is -0.880. The molecular formula is C15H23NO4. The van der Waals surface area contributed by atoms with Gasteiger partial charge >= 0.3 is 5.97 Å². The van der Waals surface area contributed by atoms with Crippen LogP contribution in [0.5, 0.6) is 5.75 Å². The molecule has 2 atom stereocenters. The molecule has 0 aromatic heterocycles. The van der Waals surface area contributed by atoms with E-state index in [0.717, 1.165) is 12.8 Å². The number of carboxylic acid groups (broad SMARTS) is 1. The molecule has 1 aromatic carbocycles. The van der Waals surface area contributed by atoms with Crippen LogP contribution in [0, 0.1) is 0 Å². The van der Waals surface area contributed by atoms with Crippen LogP contribution in [0.1, 0.15) is 26.2 Å². The number of ether oxygens (including phenoxy) is 1. The minimum Gasteiger partial charge on any atom is -0.491 e. The summed E-state index contributed by atoms with van der Waals surface area (Å²) in [6.07, 6.45) is 1.63. The largest absolute Gasteiger partial charge is 0.491 e. The molecule has 5 nitrogen and oxygen atoms in total. The Morgan fingerprint density at radius 3 is 2.65 bits per heavy atom. The minimum absolute atomic E-state index is 0.136. The third kappa shape index (κ3) is 6.54. The number of hydrogen-bond donors (Lipinski definition) is 3. The molecule has 0 fully saturated rings. The lowest BCUT2D eigenvalue weighted by atomic mass is 10.1. The van der Waals surface area contributed by atoms with E-state index in [1.54, 1.807) is 12.1 Å². The van der Waals surface area contributed by atoms with E-state index >= 15 is 0 Å². The topological polar surface area (TPSA) is 78.8 Å². The Morgan fingerprint density at radius 2 is 2.05 bits per heavy atom. The van der Waals surface area contributed by atoms with Crippen LogP contribution in [0.2, 0.25) is 0 Å². The number of aliphatic hydroxyl groups is 1. The molecule has 0 heterocycles. The molecule has 0 spiro atoms. The Bertz CT molecular complexity index is 383. The summed E-state index contributed by atoms with van der Waals surface area (Å²) in [4.78, 5) is 11.0. The van der Waals surface area contributed by atoms with Crippen LogP contribution in [0.25, 0.3) is 0 Å². The van der Waals surface area contributed by atoms with Gasteiger partial charge in [-0.1, -0.05) is 38.0 Å². The van der Waals surface area contributed by atoms with Gasteiger partial charge in [0.1, 0.15) is 24.5 Å². The number of hydrogen-bond acceptors (Lipinski definition) is 4. The highest BCUT2D eigenvalue weighted by atomic mass is 16.5. The van der Waals surface area contributed by atoms with Crippen LogP contribution in [0.15, 0.2) is 30.3 Å². The third-order valence-electron chi connectivity index (χ3n) is 2.93. The van der Waals surface area contributed by atoms with Crippen molar-refractivity contribution in [1.82, 2.24) is 5.32 Å². The van der Waals surface area contributed by atoms with Crippen molar-refractivity contribution < 1.29 is 19.7 Å². The number of carbonyl (C=O) groups is 1. The van der Waals surface area contributed by atoms with Crippen LogP contribution in [0.4, 0.5) is 0 Å². The second-order valence-corrected chi connectivity index (χ2v) is 4.72. The monoisotopic (exact) mass is 281 g/mol. The van der Waals surface area contributed by atoms with Crippen molar-refractivity contribution in [1.29, 1.82) is 0 Å². The van der Waals surface area contributed by atoms with Crippen molar-refractivity contribution in [2.24, 2.45) is 0 Å². The quantitative estimate of drug-likeness (QED) is 0.608. The molecule has 1 aromatic rings. The van der Waals surface area contributed by atoms with E-state index in [2.05, 4.69) is 5.32 Å². The molecule has 0 aliphatic rings. The van der Waals surface area contributed by atoms with E-state index in [4.69, 9.17) is 9.84 Å². The van der Waals surface area contributed by atoms with E-state index in [1.165, 1.54) is 0 Å². The number of nitrogens with one attached hydrogen (secondary N) is 1. The highest BCUT2D eigenvalue weighted by molar-refractivity contribution is 5.73. The number of rotatable bonds is 10. The van der Waals surface area contributed by atoms with Crippen LogP contribution >= 0.6 is 0 Å². The highest BCUT2D eigenvalue weighted by Gasteiger charge is 2.17. The maximum Gasteiger partial charge on any atom is 0.320 e. The van der Waals surface area contributed by atoms with E-state index in [0.29, 0.717) is 12.2 Å². The first-order valence-corrected chi connectivity index (χ1v) is 6.95. The molecule has 0 aliphatic carbocycles. The Kier molecular flexibility index (Phi) is 7.69. The summed E-state index contributed by atoms with van der Waals surface area (Å²) in [7, 11) is 0. The first-order chi connectivity index (χ1) is 9.63. The first-order valence-electron chi connectivity index (χ1n) is 6.95. The maximum absolute atomic E-state index is 11.0. The number of carboxylic acids is 1. The van der Waals surface area contributed by atoms with Gasteiger partial charge in [0, 0.05) is 6.54 Å². The van der Waals surface area contributed by atoms with Gasteiger partial charge in [0.2, 0.25) is 0 Å². The summed E-state index contributed by atoms with van der Waals surface area (Å²) >= 11 is 0. The third-order valence-corrected chi connectivity index (χ3v) is 2.93. The number of benzene rings is 1. The second-order valence-electron chi connectivity index (χ2n) is 4.72. The summed E-state index contributed by atoms with van der Waals surface area (Å²) in [5.41, 5.74) is 0. The van der Waals surface area contributed by atoms with Gasteiger partial charge < -0.3 is 20.3 Å². The van der Waals surface area contributed by atoms with Gasteiger partial charge in [-0.3, -0.25) is 4.79 Å². The summed E-state index contributed by atoms with van der Waals surface area (Å²) in [6.45, 7) is 2.35. The molecule has 20 heavy (non-hydrogen) atoms. The van der Waals surface area contributed by atoms with Crippen molar-refractivity contribution in [2.45, 2.75) is 38.3 Å². The van der Waals surface area contributed by atoms with Crippen LogP contribution in [-0.2, 0) is 4.79 Å². The Hall–Kier alpha value is -1.59. The van der Waals surface area contributed by atoms with Gasteiger partial charge in [0.15, 0.2) is 0 Å². The number of aliphatic carboxylic acids is 1. The normalized spacial score (nSPS) is 13.7. The lowest BCUT2D eigenvalue weighted by Gasteiger charge is -2.17. The average Bonchev–Trinajstić information content (AvgIpc) is 2.46. The summed E-state index contributed by atoms with van der Waals surface area (Å²) in [5.74, 6) is -0.193. The molecular weight excluding hydrogens is 258 g/mol. The lowest BCUT2D eigenvalue weighted by molar-refractivity contribution is -0.139. The summed E-state index contributed by atoms with van der Waals surface area (Å²) < 4.78 is 5.40. The van der Waals surface area contributed by atoms with Crippen molar-refractivity contribution >= 4 is 5.97 Å². The first kappa shape index (κ1) is 16.5. The van der Waals surface area contributed by atoms with Crippen LogP contribution in [-0.4, -0.2) is 41.5 Å². The van der Waals surface area contributed by atoms with Crippen LogP contribution in [0.3, 0.4) is 0 Å². The van der Waals surface area contributed by atoms with E-state index in [9.17, 15) is 9.90 Å². The summed E-state index contributed by atoms with van der Waals surface area (Å²) in [6, 6.07) is 8.59. The average molecular weight is 281 g/mol. The van der Waals surface area contributed by atoms with E-state index in [-0.39, 0.29) is 13.2 Å². The number of aliphatic hydroxyl groups excluding tert-OH is 1. The zero-order chi connectivity index (χ0) is 14.8. The molecule has 0 amide bonds. The molecule has 0 saturated carbocycles. The Labute approximate surface area is 119 Å². The molecule has 0 radical (unpaired) electrons. The van der Waals surface area contributed by atoms with Crippen molar-refractivity contribution in [2.75, 3.05) is 13.2 Å². The standard InChI is InChI=1S/C15H23NO4/c1-2-3-9-14(15(18)19)16-10-12(17)11-20-13-7-5-4-6-8-13/h4-8,12,14,16-17H,2-3,9-11H2,1H3,(H,18,19)/t12-,14+/m1/s1. The predicted molar refractivity (Wildman–Crippen MR) is 76.9 cm³/mol. The molecule has 0 bridgehead atoms. The van der Waals surface area contributed by atoms with Gasteiger partial charge in [0.05, 0.1) is 0 Å². The van der Waals surface area contributed by atoms with Crippen molar-refractivity contribution in [3.05, 3.63) is 30.3 Å². The smallest absolute Gasteiger partial charge is 0.320 e. The Morgan fingerprint density at radius 1 is 1.35 bits per heavy atom. The van der Waals surface area contributed by atoms with E-state index < -0.39 is 18.1 Å². The number of para-hydroxylation sites is 1. The van der Waals surface area contributed by atoms with Gasteiger partial charge in [-0.05, 0) is 18.6 Å². The molecule has 1 rings (SSSR count). The van der Waals surface area contributed by atoms with Gasteiger partial charge in [-0.15, -0.1) is 0 Å². The second kappa shape index (κ2) is 9.34. The molecule has 0 saturated heterocycles. The zero-order valence-corrected chi connectivity index (χ0v) is 11.8. The van der Waals surface area contributed by atoms with Crippen molar-refractivity contribution in [3.63, 3.8) is 0 Å². The van der Waals surface area contributed by atoms with E-state index in [1.807, 2.05) is 25.1 Å². The lowest BCUT2D eigenvalue weighted by Crippen LogP contribution is -2.42. The maximum atomic E-state index is 11.0. The fraction of sp³-hybridized carbons (Fsp3) is 0.533. The molecule has 0 aliphatic heterocycles. The van der Waals surface area contributed by atoms with Crippen LogP contribution < -0.4 is 10.1 Å². The predicted octanol–water partition coefficient (Wildman–Crippen LogP) is 1.66. The van der Waals surface area contributed by atoms with Gasteiger partial charge in [0.25, 0.3) is 0 Å². The number of unbranched alkanes of at least 4 members (excludes halogenated alkanes) is 1.